The van der Waals surface area contributed by atoms with Crippen molar-refractivity contribution in [3.63, 3.8) is 0 Å². The van der Waals surface area contributed by atoms with Gasteiger partial charge in [0.15, 0.2) is 0 Å². The predicted octanol–water partition coefficient (Wildman–Crippen LogP) is 0.802. The number of nitrogens with one attached hydrogen (secondary N) is 1. The molecule has 1 atom stereocenters. The number of hydrogen-bond donors (Lipinski definition) is 2. The maximum atomic E-state index is 5.53. The van der Waals surface area contributed by atoms with Crippen LogP contribution in [-0.4, -0.2) is 18.1 Å². The zero-order valence-corrected chi connectivity index (χ0v) is 7.03. The molecular weight excluding hydrogens is 158 g/mol. The van der Waals surface area contributed by atoms with Crippen LogP contribution in [0.4, 0.5) is 5.82 Å². The van der Waals surface area contributed by atoms with Crippen molar-refractivity contribution in [3.05, 3.63) is 10.4 Å². The van der Waals surface area contributed by atoms with E-state index in [9.17, 15) is 0 Å². The molecule has 0 aromatic carbocycles. The Bertz CT molecular complexity index is 240. The third kappa shape index (κ3) is 1.36. The van der Waals surface area contributed by atoms with E-state index in [2.05, 4.69) is 10.3 Å². The summed E-state index contributed by atoms with van der Waals surface area (Å²) in [6, 6.07) is 0. The Labute approximate surface area is 69.6 Å². The minimum Gasteiger partial charge on any atom is -0.383 e. The standard InChI is InChI=1S/C7H11N3S/c8-6-4-11-7(10-6)5-1-2-9-3-5/h4-5,9H,1-3,8H2. The van der Waals surface area contributed by atoms with Gasteiger partial charge < -0.3 is 11.1 Å². The fourth-order valence-corrected chi connectivity index (χ4v) is 2.20. The van der Waals surface area contributed by atoms with Crippen LogP contribution in [0.3, 0.4) is 0 Å². The van der Waals surface area contributed by atoms with Crippen LogP contribution in [-0.2, 0) is 0 Å². The molecule has 0 aliphatic carbocycles. The predicted molar refractivity (Wildman–Crippen MR) is 46.8 cm³/mol. The van der Waals surface area contributed by atoms with Gasteiger partial charge in [-0.2, -0.15) is 0 Å². The second-order valence-electron chi connectivity index (χ2n) is 2.80. The van der Waals surface area contributed by atoms with Gasteiger partial charge in [-0.05, 0) is 13.0 Å². The van der Waals surface area contributed by atoms with Crippen LogP contribution in [0.25, 0.3) is 0 Å². The summed E-state index contributed by atoms with van der Waals surface area (Å²) < 4.78 is 0. The van der Waals surface area contributed by atoms with Gasteiger partial charge in [0.1, 0.15) is 5.82 Å². The summed E-state index contributed by atoms with van der Waals surface area (Å²) in [4.78, 5) is 4.25. The molecule has 2 rings (SSSR count). The van der Waals surface area contributed by atoms with Crippen LogP contribution in [0.5, 0.6) is 0 Å². The van der Waals surface area contributed by atoms with Crippen LogP contribution in [0.1, 0.15) is 17.3 Å². The van der Waals surface area contributed by atoms with Crippen molar-refractivity contribution in [1.82, 2.24) is 10.3 Å². The highest BCUT2D eigenvalue weighted by Gasteiger charge is 2.18. The topological polar surface area (TPSA) is 50.9 Å². The third-order valence-electron chi connectivity index (χ3n) is 1.95. The van der Waals surface area contributed by atoms with Crippen molar-refractivity contribution in [2.24, 2.45) is 0 Å². The number of nitrogens with two attached hydrogens (primary N) is 1. The Morgan fingerprint density at radius 3 is 3.18 bits per heavy atom. The highest BCUT2D eigenvalue weighted by molar-refractivity contribution is 7.10. The highest BCUT2D eigenvalue weighted by atomic mass is 32.1. The summed E-state index contributed by atoms with van der Waals surface area (Å²) >= 11 is 1.67. The van der Waals surface area contributed by atoms with Gasteiger partial charge in [-0.25, -0.2) is 4.98 Å². The lowest BCUT2D eigenvalue weighted by atomic mass is 10.1. The zero-order chi connectivity index (χ0) is 7.68. The lowest BCUT2D eigenvalue weighted by Crippen LogP contribution is -2.07. The van der Waals surface area contributed by atoms with Crippen LogP contribution in [0.15, 0.2) is 5.38 Å². The monoisotopic (exact) mass is 169 g/mol. The molecule has 11 heavy (non-hydrogen) atoms. The molecular formula is C7H11N3S. The quantitative estimate of drug-likeness (QED) is 0.654. The molecule has 1 fully saturated rings. The largest absolute Gasteiger partial charge is 0.383 e. The first-order valence-electron chi connectivity index (χ1n) is 3.78. The maximum Gasteiger partial charge on any atom is 0.134 e. The van der Waals surface area contributed by atoms with E-state index in [0.29, 0.717) is 11.7 Å². The molecule has 4 heteroatoms. The minimum absolute atomic E-state index is 0.609. The second kappa shape index (κ2) is 2.79. The van der Waals surface area contributed by atoms with E-state index in [1.807, 2.05) is 5.38 Å². The molecule has 0 radical (unpaired) electrons. The van der Waals surface area contributed by atoms with Gasteiger partial charge >= 0.3 is 0 Å². The van der Waals surface area contributed by atoms with Gasteiger partial charge in [0.05, 0.1) is 5.01 Å². The average molecular weight is 169 g/mol. The summed E-state index contributed by atoms with van der Waals surface area (Å²) in [7, 11) is 0. The van der Waals surface area contributed by atoms with Crippen LogP contribution in [0.2, 0.25) is 0 Å². The van der Waals surface area contributed by atoms with Crippen molar-refractivity contribution in [2.75, 3.05) is 18.8 Å². The van der Waals surface area contributed by atoms with E-state index in [1.54, 1.807) is 11.3 Å². The van der Waals surface area contributed by atoms with Crippen LogP contribution >= 0.6 is 11.3 Å². The van der Waals surface area contributed by atoms with Crippen LogP contribution < -0.4 is 11.1 Å². The van der Waals surface area contributed by atoms with Crippen molar-refractivity contribution in [3.8, 4) is 0 Å². The molecule has 3 nitrogen and oxygen atoms in total. The molecule has 0 saturated carbocycles. The van der Waals surface area contributed by atoms with Gasteiger partial charge in [-0.3, -0.25) is 0 Å². The summed E-state index contributed by atoms with van der Waals surface area (Å²) in [5.74, 6) is 1.27. The first kappa shape index (κ1) is 7.06. The molecule has 60 valence electrons. The molecule has 0 spiro atoms. The number of aromatic nitrogens is 1. The molecule has 1 unspecified atom stereocenters. The molecule has 2 heterocycles. The minimum atomic E-state index is 0.609. The summed E-state index contributed by atoms with van der Waals surface area (Å²) in [6.45, 7) is 2.18. The Hall–Kier alpha value is -0.610. The van der Waals surface area contributed by atoms with Gasteiger partial charge in [0, 0.05) is 17.8 Å². The highest BCUT2D eigenvalue weighted by Crippen LogP contribution is 2.25. The van der Waals surface area contributed by atoms with E-state index < -0.39 is 0 Å². The van der Waals surface area contributed by atoms with Crippen LogP contribution in [0, 0.1) is 0 Å². The number of anilines is 1. The number of hydrogen-bond acceptors (Lipinski definition) is 4. The first-order chi connectivity index (χ1) is 5.36. The normalized spacial score (nSPS) is 24.2. The summed E-state index contributed by atoms with van der Waals surface area (Å²) in [6.07, 6.45) is 1.20. The molecule has 1 aromatic heterocycles. The number of thiazole rings is 1. The number of nitrogen functional groups attached to an aromatic ring is 1. The Balaban J connectivity index is 2.15. The van der Waals surface area contributed by atoms with Crippen molar-refractivity contribution < 1.29 is 0 Å². The number of rotatable bonds is 1. The SMILES string of the molecule is Nc1csc(C2CCNC2)n1. The summed E-state index contributed by atoms with van der Waals surface area (Å²) in [5.41, 5.74) is 5.53. The third-order valence-corrected chi connectivity index (χ3v) is 2.97. The summed E-state index contributed by atoms with van der Waals surface area (Å²) in [5, 5.41) is 6.40. The zero-order valence-electron chi connectivity index (χ0n) is 6.21. The van der Waals surface area contributed by atoms with E-state index in [4.69, 9.17) is 5.73 Å². The van der Waals surface area contributed by atoms with E-state index in [0.717, 1.165) is 13.1 Å². The molecule has 0 amide bonds. The van der Waals surface area contributed by atoms with Gasteiger partial charge in [0.2, 0.25) is 0 Å². The molecule has 1 aromatic rings. The van der Waals surface area contributed by atoms with Crippen molar-refractivity contribution in [1.29, 1.82) is 0 Å². The fourth-order valence-electron chi connectivity index (χ4n) is 1.35. The Kier molecular flexibility index (Phi) is 1.79. The second-order valence-corrected chi connectivity index (χ2v) is 3.69. The van der Waals surface area contributed by atoms with E-state index in [1.165, 1.54) is 11.4 Å². The Morgan fingerprint density at radius 1 is 1.73 bits per heavy atom. The Morgan fingerprint density at radius 2 is 2.64 bits per heavy atom. The average Bonchev–Trinajstić information content (AvgIpc) is 2.55. The number of nitrogens with zero attached hydrogens (tertiary/aromatic N) is 1. The van der Waals surface area contributed by atoms with Gasteiger partial charge in [0.25, 0.3) is 0 Å². The van der Waals surface area contributed by atoms with Gasteiger partial charge in [-0.1, -0.05) is 0 Å². The molecule has 1 saturated heterocycles. The lowest BCUT2D eigenvalue weighted by Gasteiger charge is -2.00. The maximum absolute atomic E-state index is 5.53. The van der Waals surface area contributed by atoms with Gasteiger partial charge in [-0.15, -0.1) is 11.3 Å². The lowest BCUT2D eigenvalue weighted by molar-refractivity contribution is 0.756. The first-order valence-corrected chi connectivity index (χ1v) is 4.66. The molecule has 1 aliphatic heterocycles. The van der Waals surface area contributed by atoms with Crippen molar-refractivity contribution >= 4 is 17.2 Å². The van der Waals surface area contributed by atoms with Crippen molar-refractivity contribution in [2.45, 2.75) is 12.3 Å². The molecule has 1 aliphatic rings. The fraction of sp³-hybridized carbons (Fsp3) is 0.571. The molecule has 3 N–H and O–H groups in total. The van der Waals surface area contributed by atoms with E-state index >= 15 is 0 Å². The molecule has 0 bridgehead atoms. The van der Waals surface area contributed by atoms with E-state index in [-0.39, 0.29) is 0 Å². The smallest absolute Gasteiger partial charge is 0.134 e.